The van der Waals surface area contributed by atoms with Crippen LogP contribution in [0, 0.1) is 0 Å². The maximum Gasteiger partial charge on any atom is 0.0964 e. The van der Waals surface area contributed by atoms with Crippen molar-refractivity contribution in [1.29, 1.82) is 0 Å². The lowest BCUT2D eigenvalue weighted by Gasteiger charge is -2.03. The highest BCUT2D eigenvalue weighted by atomic mass is 35.5. The van der Waals surface area contributed by atoms with Crippen LogP contribution in [0.2, 0.25) is 5.02 Å². The van der Waals surface area contributed by atoms with E-state index in [4.69, 9.17) is 16.7 Å². The van der Waals surface area contributed by atoms with E-state index in [1.807, 2.05) is 30.5 Å². The average molecular weight is 295 g/mol. The van der Waals surface area contributed by atoms with E-state index >= 15 is 0 Å². The topological polar surface area (TPSA) is 63.0 Å². The Morgan fingerprint density at radius 2 is 2.05 bits per heavy atom. The van der Waals surface area contributed by atoms with E-state index in [1.165, 1.54) is 5.56 Å². The Hall–Kier alpha value is -1.43. The van der Waals surface area contributed by atoms with E-state index in [0.29, 0.717) is 19.5 Å². The number of halogens is 1. The van der Waals surface area contributed by atoms with Crippen molar-refractivity contribution in [3.63, 3.8) is 0 Å². The molecule has 0 aliphatic carbocycles. The zero-order chi connectivity index (χ0) is 14.2. The number of aliphatic hydroxyl groups is 1. The fourth-order valence-corrected chi connectivity index (χ4v) is 1.99. The summed E-state index contributed by atoms with van der Waals surface area (Å²) in [5.41, 5.74) is 2.17. The van der Waals surface area contributed by atoms with Gasteiger partial charge in [0.2, 0.25) is 0 Å². The van der Waals surface area contributed by atoms with Crippen molar-refractivity contribution in [1.82, 2.24) is 20.3 Å². The Balaban J connectivity index is 1.67. The summed E-state index contributed by atoms with van der Waals surface area (Å²) in [6.07, 6.45) is 3.56. The van der Waals surface area contributed by atoms with E-state index < -0.39 is 0 Å². The van der Waals surface area contributed by atoms with Gasteiger partial charge in [-0.05, 0) is 37.1 Å². The number of rotatable bonds is 8. The molecule has 0 saturated carbocycles. The predicted octanol–water partition coefficient (Wildman–Crippen LogP) is 1.65. The van der Waals surface area contributed by atoms with Crippen molar-refractivity contribution >= 4 is 11.6 Å². The number of aromatic nitrogens is 3. The molecule has 0 saturated heterocycles. The predicted molar refractivity (Wildman–Crippen MR) is 78.6 cm³/mol. The minimum Gasteiger partial charge on any atom is -0.396 e. The fraction of sp³-hybridized carbons (Fsp3) is 0.429. The van der Waals surface area contributed by atoms with Gasteiger partial charge in [0.25, 0.3) is 0 Å². The fourth-order valence-electron chi connectivity index (χ4n) is 1.86. The van der Waals surface area contributed by atoms with Crippen LogP contribution < -0.4 is 5.32 Å². The molecule has 0 spiro atoms. The molecule has 0 radical (unpaired) electrons. The summed E-state index contributed by atoms with van der Waals surface area (Å²) >= 11 is 5.84. The third-order valence-electron chi connectivity index (χ3n) is 2.94. The minimum atomic E-state index is 0.175. The first-order valence-corrected chi connectivity index (χ1v) is 7.11. The van der Waals surface area contributed by atoms with Gasteiger partial charge in [0.05, 0.1) is 5.69 Å². The third-order valence-corrected chi connectivity index (χ3v) is 3.19. The smallest absolute Gasteiger partial charge is 0.0964 e. The van der Waals surface area contributed by atoms with Gasteiger partial charge in [-0.2, -0.15) is 0 Å². The maximum absolute atomic E-state index is 8.75. The standard InChI is InChI=1S/C14H19ClN4O/c15-13-4-2-12(3-5-13)6-7-16-10-14-11-19(18-17-14)8-1-9-20/h2-5,11,16,20H,1,6-10H2. The van der Waals surface area contributed by atoms with Gasteiger partial charge < -0.3 is 10.4 Å². The molecule has 0 unspecified atom stereocenters. The van der Waals surface area contributed by atoms with Crippen LogP contribution >= 0.6 is 11.6 Å². The van der Waals surface area contributed by atoms with Crippen molar-refractivity contribution in [2.45, 2.75) is 25.9 Å². The average Bonchev–Trinajstić information content (AvgIpc) is 2.91. The molecule has 2 N–H and O–H groups in total. The van der Waals surface area contributed by atoms with Crippen molar-refractivity contribution in [2.75, 3.05) is 13.2 Å². The number of aliphatic hydroxyl groups excluding tert-OH is 1. The van der Waals surface area contributed by atoms with Crippen LogP contribution in [0.15, 0.2) is 30.5 Å². The second-order valence-corrected chi connectivity index (χ2v) is 5.04. The van der Waals surface area contributed by atoms with Gasteiger partial charge in [0.15, 0.2) is 0 Å². The number of hydrogen-bond donors (Lipinski definition) is 2. The lowest BCUT2D eigenvalue weighted by atomic mass is 10.1. The molecule has 0 fully saturated rings. The van der Waals surface area contributed by atoms with Gasteiger partial charge in [0.1, 0.15) is 0 Å². The van der Waals surface area contributed by atoms with Gasteiger partial charge in [-0.1, -0.05) is 28.9 Å². The highest BCUT2D eigenvalue weighted by Crippen LogP contribution is 2.09. The van der Waals surface area contributed by atoms with Crippen LogP contribution in [0.5, 0.6) is 0 Å². The SMILES string of the molecule is OCCCn1cc(CNCCc2ccc(Cl)cc2)nn1. The first-order chi connectivity index (χ1) is 9.78. The summed E-state index contributed by atoms with van der Waals surface area (Å²) in [5.74, 6) is 0. The molecule has 1 aromatic heterocycles. The molecule has 2 rings (SSSR count). The molecule has 2 aromatic rings. The first-order valence-electron chi connectivity index (χ1n) is 6.73. The minimum absolute atomic E-state index is 0.175. The zero-order valence-electron chi connectivity index (χ0n) is 11.3. The maximum atomic E-state index is 8.75. The summed E-state index contributed by atoms with van der Waals surface area (Å²) in [6.45, 7) is 2.46. The summed E-state index contributed by atoms with van der Waals surface area (Å²) in [5, 5.41) is 20.9. The van der Waals surface area contributed by atoms with Crippen molar-refractivity contribution in [2.24, 2.45) is 0 Å². The van der Waals surface area contributed by atoms with Crippen LogP contribution in [-0.4, -0.2) is 33.3 Å². The van der Waals surface area contributed by atoms with E-state index in [2.05, 4.69) is 15.6 Å². The Morgan fingerprint density at radius 3 is 2.80 bits per heavy atom. The van der Waals surface area contributed by atoms with Gasteiger partial charge >= 0.3 is 0 Å². The lowest BCUT2D eigenvalue weighted by molar-refractivity contribution is 0.276. The van der Waals surface area contributed by atoms with Crippen LogP contribution in [0.4, 0.5) is 0 Å². The molecule has 1 aromatic carbocycles. The number of nitrogens with one attached hydrogen (secondary N) is 1. The highest BCUT2D eigenvalue weighted by molar-refractivity contribution is 6.30. The molecule has 1 heterocycles. The molecule has 6 heteroatoms. The van der Waals surface area contributed by atoms with Crippen LogP contribution in [0.25, 0.3) is 0 Å². The summed E-state index contributed by atoms with van der Waals surface area (Å²) in [7, 11) is 0. The van der Waals surface area contributed by atoms with Crippen LogP contribution in [0.1, 0.15) is 17.7 Å². The molecule has 0 atom stereocenters. The van der Waals surface area contributed by atoms with Gasteiger partial charge in [0, 0.05) is 30.9 Å². The zero-order valence-corrected chi connectivity index (χ0v) is 12.1. The van der Waals surface area contributed by atoms with Gasteiger partial charge in [-0.25, -0.2) is 0 Å². The van der Waals surface area contributed by atoms with Crippen molar-refractivity contribution in [3.05, 3.63) is 46.7 Å². The number of aryl methyl sites for hydroxylation is 1. The molecule has 0 bridgehead atoms. The molecule has 0 aliphatic heterocycles. The van der Waals surface area contributed by atoms with Crippen LogP contribution in [-0.2, 0) is 19.5 Å². The van der Waals surface area contributed by atoms with E-state index in [1.54, 1.807) is 4.68 Å². The second-order valence-electron chi connectivity index (χ2n) is 4.60. The second kappa shape index (κ2) is 7.99. The molecule has 0 aliphatic rings. The Labute approximate surface area is 123 Å². The monoisotopic (exact) mass is 294 g/mol. The van der Waals surface area contributed by atoms with Crippen molar-refractivity contribution < 1.29 is 5.11 Å². The Morgan fingerprint density at radius 1 is 1.25 bits per heavy atom. The summed E-state index contributed by atoms with van der Waals surface area (Å²) in [6, 6.07) is 7.89. The number of nitrogens with zero attached hydrogens (tertiary/aromatic N) is 3. The van der Waals surface area contributed by atoms with E-state index in [9.17, 15) is 0 Å². The highest BCUT2D eigenvalue weighted by Gasteiger charge is 2.00. The third kappa shape index (κ3) is 4.92. The molecule has 5 nitrogen and oxygen atoms in total. The quantitative estimate of drug-likeness (QED) is 0.727. The Kier molecular flexibility index (Phi) is 5.98. The molecule has 0 amide bonds. The molecule has 108 valence electrons. The normalized spacial score (nSPS) is 10.9. The van der Waals surface area contributed by atoms with E-state index in [-0.39, 0.29) is 6.61 Å². The van der Waals surface area contributed by atoms with Crippen LogP contribution in [0.3, 0.4) is 0 Å². The largest absolute Gasteiger partial charge is 0.396 e. The van der Waals surface area contributed by atoms with E-state index in [0.717, 1.165) is 23.7 Å². The number of hydrogen-bond acceptors (Lipinski definition) is 4. The van der Waals surface area contributed by atoms with Crippen molar-refractivity contribution in [3.8, 4) is 0 Å². The lowest BCUT2D eigenvalue weighted by Crippen LogP contribution is -2.16. The number of benzene rings is 1. The molecular formula is C14H19ClN4O. The summed E-state index contributed by atoms with van der Waals surface area (Å²) in [4.78, 5) is 0. The summed E-state index contributed by atoms with van der Waals surface area (Å²) < 4.78 is 1.76. The molecule has 20 heavy (non-hydrogen) atoms. The van der Waals surface area contributed by atoms with Gasteiger partial charge in [-0.15, -0.1) is 5.10 Å². The Bertz CT molecular complexity index is 512. The first kappa shape index (κ1) is 15.0. The van der Waals surface area contributed by atoms with Gasteiger partial charge in [-0.3, -0.25) is 4.68 Å². The molecular weight excluding hydrogens is 276 g/mol.